The molecule has 1 aliphatic heterocycles. The molecular formula is C21H23ClN2O. The van der Waals surface area contributed by atoms with Crippen molar-refractivity contribution < 1.29 is 4.74 Å². The number of halogens is 1. The maximum Gasteiger partial charge on any atom is 0.119 e. The molecule has 3 aromatic rings. The SMILES string of the molecule is Clc1cccc2c1ccn2-c1ccc(OCCCN2CCCC2)cc1. The van der Waals surface area contributed by atoms with Gasteiger partial charge < -0.3 is 14.2 Å². The maximum absolute atomic E-state index is 6.26. The predicted molar refractivity (Wildman–Crippen MR) is 104 cm³/mol. The number of hydrogen-bond donors (Lipinski definition) is 0. The number of rotatable bonds is 6. The van der Waals surface area contributed by atoms with Gasteiger partial charge in [0.2, 0.25) is 0 Å². The van der Waals surface area contributed by atoms with E-state index >= 15 is 0 Å². The van der Waals surface area contributed by atoms with Crippen LogP contribution in [-0.2, 0) is 0 Å². The fourth-order valence-corrected chi connectivity index (χ4v) is 3.78. The van der Waals surface area contributed by atoms with E-state index in [-0.39, 0.29) is 0 Å². The second-order valence-electron chi connectivity index (χ2n) is 6.60. The number of ether oxygens (including phenoxy) is 1. The second kappa shape index (κ2) is 7.51. The highest BCUT2D eigenvalue weighted by Crippen LogP contribution is 2.27. The zero-order chi connectivity index (χ0) is 17.1. The van der Waals surface area contributed by atoms with Crippen LogP contribution in [0.1, 0.15) is 19.3 Å². The van der Waals surface area contributed by atoms with Gasteiger partial charge >= 0.3 is 0 Å². The molecule has 0 saturated carbocycles. The minimum Gasteiger partial charge on any atom is -0.494 e. The lowest BCUT2D eigenvalue weighted by Gasteiger charge is -2.14. The Morgan fingerprint density at radius 1 is 0.960 bits per heavy atom. The minimum absolute atomic E-state index is 0.776. The van der Waals surface area contributed by atoms with Crippen molar-refractivity contribution >= 4 is 22.5 Å². The summed E-state index contributed by atoms with van der Waals surface area (Å²) in [5.74, 6) is 0.930. The Morgan fingerprint density at radius 2 is 1.76 bits per heavy atom. The number of benzene rings is 2. The molecule has 0 atom stereocenters. The lowest BCUT2D eigenvalue weighted by molar-refractivity contribution is 0.263. The molecule has 1 aliphatic rings. The van der Waals surface area contributed by atoms with E-state index in [2.05, 4.69) is 39.9 Å². The van der Waals surface area contributed by atoms with Gasteiger partial charge in [-0.15, -0.1) is 0 Å². The van der Waals surface area contributed by atoms with Crippen molar-refractivity contribution in [2.45, 2.75) is 19.3 Å². The fourth-order valence-electron chi connectivity index (χ4n) is 3.54. The highest BCUT2D eigenvalue weighted by atomic mass is 35.5. The van der Waals surface area contributed by atoms with E-state index in [1.54, 1.807) is 0 Å². The van der Waals surface area contributed by atoms with Gasteiger partial charge in [-0.2, -0.15) is 0 Å². The van der Waals surface area contributed by atoms with Gasteiger partial charge in [0.1, 0.15) is 5.75 Å². The topological polar surface area (TPSA) is 17.4 Å². The highest BCUT2D eigenvalue weighted by molar-refractivity contribution is 6.35. The summed E-state index contributed by atoms with van der Waals surface area (Å²) in [5.41, 5.74) is 2.23. The van der Waals surface area contributed by atoms with Crippen LogP contribution < -0.4 is 4.74 Å². The van der Waals surface area contributed by atoms with Crippen LogP contribution in [0.4, 0.5) is 0 Å². The number of nitrogens with zero attached hydrogens (tertiary/aromatic N) is 2. The Labute approximate surface area is 153 Å². The molecule has 3 nitrogen and oxygen atoms in total. The predicted octanol–water partition coefficient (Wildman–Crippen LogP) is 5.15. The third-order valence-corrected chi connectivity index (χ3v) is 5.21. The molecule has 0 amide bonds. The molecule has 0 aliphatic carbocycles. The number of likely N-dealkylation sites (tertiary alicyclic amines) is 1. The van der Waals surface area contributed by atoms with Crippen molar-refractivity contribution in [1.29, 1.82) is 0 Å². The van der Waals surface area contributed by atoms with Gasteiger partial charge in [0.25, 0.3) is 0 Å². The number of aromatic nitrogens is 1. The molecule has 2 heterocycles. The first-order valence-corrected chi connectivity index (χ1v) is 9.40. The molecule has 2 aromatic carbocycles. The highest BCUT2D eigenvalue weighted by Gasteiger charge is 2.10. The van der Waals surface area contributed by atoms with E-state index in [1.165, 1.54) is 25.9 Å². The lowest BCUT2D eigenvalue weighted by atomic mass is 10.2. The maximum atomic E-state index is 6.26. The second-order valence-corrected chi connectivity index (χ2v) is 7.01. The molecule has 4 rings (SSSR count). The minimum atomic E-state index is 0.776. The van der Waals surface area contributed by atoms with E-state index in [4.69, 9.17) is 16.3 Å². The summed E-state index contributed by atoms with van der Waals surface area (Å²) in [5, 5.41) is 1.86. The van der Waals surface area contributed by atoms with Crippen molar-refractivity contribution in [1.82, 2.24) is 9.47 Å². The Bertz CT molecular complexity index is 835. The molecule has 0 bridgehead atoms. The van der Waals surface area contributed by atoms with Crippen LogP contribution in [0.25, 0.3) is 16.6 Å². The zero-order valence-electron chi connectivity index (χ0n) is 14.3. The van der Waals surface area contributed by atoms with Gasteiger partial charge in [-0.05, 0) is 74.8 Å². The molecule has 0 spiro atoms. The summed E-state index contributed by atoms with van der Waals surface area (Å²) in [7, 11) is 0. The van der Waals surface area contributed by atoms with E-state index in [9.17, 15) is 0 Å². The van der Waals surface area contributed by atoms with Gasteiger partial charge in [-0.25, -0.2) is 0 Å². The van der Waals surface area contributed by atoms with Crippen molar-refractivity contribution in [3.05, 3.63) is 59.8 Å². The van der Waals surface area contributed by atoms with Crippen LogP contribution in [0, 0.1) is 0 Å². The monoisotopic (exact) mass is 354 g/mol. The van der Waals surface area contributed by atoms with Gasteiger partial charge in [0.05, 0.1) is 12.1 Å². The normalized spacial score (nSPS) is 15.1. The Balaban J connectivity index is 1.38. The summed E-state index contributed by atoms with van der Waals surface area (Å²) in [4.78, 5) is 2.52. The third kappa shape index (κ3) is 3.68. The number of fused-ring (bicyclic) bond motifs is 1. The van der Waals surface area contributed by atoms with Crippen molar-refractivity contribution in [2.24, 2.45) is 0 Å². The molecule has 1 fully saturated rings. The van der Waals surface area contributed by atoms with Crippen molar-refractivity contribution in [2.75, 3.05) is 26.2 Å². The molecule has 0 N–H and O–H groups in total. The Morgan fingerprint density at radius 3 is 2.56 bits per heavy atom. The Hall–Kier alpha value is -1.97. The fraction of sp³-hybridized carbons (Fsp3) is 0.333. The van der Waals surface area contributed by atoms with E-state index in [0.29, 0.717) is 0 Å². The molecular weight excluding hydrogens is 332 g/mol. The third-order valence-electron chi connectivity index (χ3n) is 4.88. The smallest absolute Gasteiger partial charge is 0.119 e. The largest absolute Gasteiger partial charge is 0.494 e. The van der Waals surface area contributed by atoms with Crippen LogP contribution in [0.15, 0.2) is 54.7 Å². The summed E-state index contributed by atoms with van der Waals surface area (Å²) in [6.07, 6.45) is 5.84. The van der Waals surface area contributed by atoms with E-state index < -0.39 is 0 Å². The van der Waals surface area contributed by atoms with Crippen LogP contribution in [0.2, 0.25) is 5.02 Å². The Kier molecular flexibility index (Phi) is 4.95. The molecule has 130 valence electrons. The average Bonchev–Trinajstić information content (AvgIpc) is 3.30. The summed E-state index contributed by atoms with van der Waals surface area (Å²) in [6, 6.07) is 16.3. The van der Waals surface area contributed by atoms with E-state index in [1.807, 2.05) is 24.3 Å². The molecule has 0 radical (unpaired) electrons. The van der Waals surface area contributed by atoms with Gasteiger partial charge in [0, 0.05) is 28.8 Å². The molecule has 1 aromatic heterocycles. The quantitative estimate of drug-likeness (QED) is 0.570. The van der Waals surface area contributed by atoms with Gasteiger partial charge in [-0.1, -0.05) is 17.7 Å². The molecule has 1 saturated heterocycles. The number of hydrogen-bond acceptors (Lipinski definition) is 2. The van der Waals surface area contributed by atoms with Crippen molar-refractivity contribution in [3.63, 3.8) is 0 Å². The lowest BCUT2D eigenvalue weighted by Crippen LogP contribution is -2.21. The first-order chi connectivity index (χ1) is 12.3. The molecule has 4 heteroatoms. The van der Waals surface area contributed by atoms with Gasteiger partial charge in [0.15, 0.2) is 0 Å². The van der Waals surface area contributed by atoms with E-state index in [0.717, 1.165) is 46.9 Å². The summed E-state index contributed by atoms with van der Waals surface area (Å²) in [6.45, 7) is 4.43. The van der Waals surface area contributed by atoms with Crippen LogP contribution in [0.3, 0.4) is 0 Å². The standard InChI is InChI=1S/C21H23ClN2O/c22-20-5-3-6-21-19(20)11-15-24(21)17-7-9-18(10-8-17)25-16-4-14-23-12-1-2-13-23/h3,5-11,15H,1-2,4,12-14,16H2. The summed E-state index contributed by atoms with van der Waals surface area (Å²) >= 11 is 6.26. The molecule has 0 unspecified atom stereocenters. The van der Waals surface area contributed by atoms with Crippen molar-refractivity contribution in [3.8, 4) is 11.4 Å². The van der Waals surface area contributed by atoms with Crippen LogP contribution in [0.5, 0.6) is 5.75 Å². The average molecular weight is 355 g/mol. The zero-order valence-corrected chi connectivity index (χ0v) is 15.1. The first-order valence-electron chi connectivity index (χ1n) is 9.02. The van der Waals surface area contributed by atoms with Crippen LogP contribution in [-0.4, -0.2) is 35.7 Å². The molecule has 25 heavy (non-hydrogen) atoms. The first kappa shape index (κ1) is 16.5. The van der Waals surface area contributed by atoms with Gasteiger partial charge in [-0.3, -0.25) is 0 Å². The summed E-state index contributed by atoms with van der Waals surface area (Å²) < 4.78 is 8.04. The van der Waals surface area contributed by atoms with Crippen LogP contribution >= 0.6 is 11.6 Å².